The number of nitrogens with one attached hydrogen (secondary N) is 2. The molecule has 0 fully saturated rings. The minimum Gasteiger partial charge on any atom is -0.508 e. The monoisotopic (exact) mass is 336 g/mol. The Balaban J connectivity index is 1.79. The van der Waals surface area contributed by atoms with Crippen molar-refractivity contribution in [2.75, 3.05) is 0 Å². The summed E-state index contributed by atoms with van der Waals surface area (Å²) in [5.74, 6) is -0.493. The zero-order chi connectivity index (χ0) is 17.8. The molecule has 1 heterocycles. The van der Waals surface area contributed by atoms with Crippen LogP contribution in [0.2, 0.25) is 0 Å². The Kier molecular flexibility index (Phi) is 4.47. The number of aromatic hydroxyl groups is 1. The number of phenols is 1. The molecule has 0 saturated heterocycles. The molecule has 0 unspecified atom stereocenters. The van der Waals surface area contributed by atoms with Crippen LogP contribution in [-0.2, 0) is 0 Å². The van der Waals surface area contributed by atoms with E-state index in [9.17, 15) is 14.7 Å². The van der Waals surface area contributed by atoms with E-state index in [1.54, 1.807) is 19.1 Å². The summed E-state index contributed by atoms with van der Waals surface area (Å²) in [6.45, 7) is 1.75. The number of hydrogen-bond acceptors (Lipinski definition) is 4. The molecule has 0 atom stereocenters. The maximum Gasteiger partial charge on any atom is 0.280 e. The van der Waals surface area contributed by atoms with Gasteiger partial charge in [0.2, 0.25) is 0 Å². The molecule has 7 heteroatoms. The number of aromatic amines is 1. The molecule has 1 aromatic heterocycles. The number of aryl methyl sites for hydroxylation is 1. The van der Waals surface area contributed by atoms with Gasteiger partial charge in [0.25, 0.3) is 11.5 Å². The number of amides is 1. The van der Waals surface area contributed by atoms with Gasteiger partial charge in [-0.05, 0) is 37.3 Å². The third-order valence-electron chi connectivity index (χ3n) is 3.60. The molecular formula is C18H16N4O3. The lowest BCUT2D eigenvalue weighted by molar-refractivity contribution is 0.0954. The van der Waals surface area contributed by atoms with E-state index in [1.165, 1.54) is 23.0 Å². The molecule has 0 aliphatic heterocycles. The Morgan fingerprint density at radius 3 is 2.68 bits per heavy atom. The normalized spacial score (nSPS) is 10.9. The van der Waals surface area contributed by atoms with Gasteiger partial charge in [-0.2, -0.15) is 5.10 Å². The summed E-state index contributed by atoms with van der Waals surface area (Å²) >= 11 is 0. The first-order valence-corrected chi connectivity index (χ1v) is 7.56. The highest BCUT2D eigenvalue weighted by atomic mass is 16.3. The van der Waals surface area contributed by atoms with E-state index in [1.807, 2.05) is 30.3 Å². The van der Waals surface area contributed by atoms with Gasteiger partial charge in [0.1, 0.15) is 5.75 Å². The number of rotatable bonds is 4. The van der Waals surface area contributed by atoms with Gasteiger partial charge in [0, 0.05) is 11.3 Å². The Morgan fingerprint density at radius 1 is 1.20 bits per heavy atom. The molecular weight excluding hydrogens is 320 g/mol. The van der Waals surface area contributed by atoms with Crippen LogP contribution in [0.25, 0.3) is 5.69 Å². The van der Waals surface area contributed by atoms with Gasteiger partial charge in [0.05, 0.1) is 17.5 Å². The molecule has 1 amide bonds. The molecule has 25 heavy (non-hydrogen) atoms. The molecule has 3 rings (SSSR count). The number of H-pyrrole nitrogens is 1. The Labute approximate surface area is 143 Å². The van der Waals surface area contributed by atoms with E-state index in [0.29, 0.717) is 16.9 Å². The van der Waals surface area contributed by atoms with E-state index in [4.69, 9.17) is 0 Å². The summed E-state index contributed by atoms with van der Waals surface area (Å²) in [4.78, 5) is 24.4. The topological polar surface area (TPSA) is 99.5 Å². The summed E-state index contributed by atoms with van der Waals surface area (Å²) in [6, 6.07) is 15.1. The van der Waals surface area contributed by atoms with Gasteiger partial charge in [-0.1, -0.05) is 24.3 Å². The summed E-state index contributed by atoms with van der Waals surface area (Å²) in [6.07, 6.45) is 1.30. The first kappa shape index (κ1) is 16.3. The number of aromatic nitrogens is 2. The standard InChI is InChI=1S/C18H16N4O3/c1-12-16(18(25)22(21-12)14-7-3-2-4-8-14)11-19-20-17(24)13-6-5-9-15(23)10-13/h2-11,21,23H,1H3,(H,20,24). The van der Waals surface area contributed by atoms with Crippen LogP contribution in [-0.4, -0.2) is 27.0 Å². The predicted molar refractivity (Wildman–Crippen MR) is 94.3 cm³/mol. The summed E-state index contributed by atoms with van der Waals surface area (Å²) in [5.41, 5.74) is 4.02. The van der Waals surface area contributed by atoms with Crippen molar-refractivity contribution in [2.45, 2.75) is 6.92 Å². The first-order chi connectivity index (χ1) is 12.1. The molecule has 0 spiro atoms. The molecule has 0 bridgehead atoms. The number of para-hydroxylation sites is 1. The second kappa shape index (κ2) is 6.88. The Morgan fingerprint density at radius 2 is 1.96 bits per heavy atom. The number of hydrogen-bond donors (Lipinski definition) is 3. The van der Waals surface area contributed by atoms with Gasteiger partial charge in [0.15, 0.2) is 0 Å². The number of phenolic OH excluding ortho intramolecular Hbond substituents is 1. The van der Waals surface area contributed by atoms with E-state index >= 15 is 0 Å². The van der Waals surface area contributed by atoms with Crippen molar-refractivity contribution in [3.63, 3.8) is 0 Å². The van der Waals surface area contributed by atoms with Crippen LogP contribution in [0.15, 0.2) is 64.5 Å². The van der Waals surface area contributed by atoms with Crippen molar-refractivity contribution in [3.8, 4) is 11.4 Å². The van der Waals surface area contributed by atoms with Gasteiger partial charge in [-0.3, -0.25) is 14.7 Å². The number of carbonyl (C=O) groups excluding carboxylic acids is 1. The average Bonchev–Trinajstić information content (AvgIpc) is 2.90. The number of carbonyl (C=O) groups is 1. The summed E-state index contributed by atoms with van der Waals surface area (Å²) in [5, 5.41) is 16.2. The third kappa shape index (κ3) is 3.50. The molecule has 0 saturated carbocycles. The molecule has 0 aliphatic rings. The fourth-order valence-corrected chi connectivity index (χ4v) is 2.34. The molecule has 0 aliphatic carbocycles. The fraction of sp³-hybridized carbons (Fsp3) is 0.0556. The van der Waals surface area contributed by atoms with Crippen LogP contribution in [0, 0.1) is 6.92 Å². The van der Waals surface area contributed by atoms with Crippen molar-refractivity contribution in [3.05, 3.63) is 81.8 Å². The Bertz CT molecular complexity index is 987. The van der Waals surface area contributed by atoms with Gasteiger partial charge in [-0.25, -0.2) is 10.1 Å². The van der Waals surface area contributed by atoms with Crippen molar-refractivity contribution in [1.82, 2.24) is 15.2 Å². The van der Waals surface area contributed by atoms with Crippen LogP contribution in [0.5, 0.6) is 5.75 Å². The fourth-order valence-electron chi connectivity index (χ4n) is 2.34. The lowest BCUT2D eigenvalue weighted by Gasteiger charge is -2.00. The molecule has 2 aromatic carbocycles. The van der Waals surface area contributed by atoms with Crippen LogP contribution in [0.1, 0.15) is 21.6 Å². The van der Waals surface area contributed by atoms with Crippen LogP contribution in [0.4, 0.5) is 0 Å². The van der Waals surface area contributed by atoms with E-state index < -0.39 is 5.91 Å². The van der Waals surface area contributed by atoms with Crippen LogP contribution in [0.3, 0.4) is 0 Å². The van der Waals surface area contributed by atoms with Gasteiger partial charge in [-0.15, -0.1) is 0 Å². The maximum absolute atomic E-state index is 12.5. The van der Waals surface area contributed by atoms with Crippen molar-refractivity contribution < 1.29 is 9.90 Å². The second-order valence-corrected chi connectivity index (χ2v) is 5.38. The SMILES string of the molecule is Cc1[nH]n(-c2ccccc2)c(=O)c1C=NNC(=O)c1cccc(O)c1. The van der Waals surface area contributed by atoms with Gasteiger partial charge >= 0.3 is 0 Å². The highest BCUT2D eigenvalue weighted by Crippen LogP contribution is 2.10. The minimum absolute atomic E-state index is 0.0103. The second-order valence-electron chi connectivity index (χ2n) is 5.38. The predicted octanol–water partition coefficient (Wildman–Crippen LogP) is 1.94. The third-order valence-corrected chi connectivity index (χ3v) is 3.60. The summed E-state index contributed by atoms with van der Waals surface area (Å²) < 4.78 is 1.41. The van der Waals surface area contributed by atoms with Crippen molar-refractivity contribution in [1.29, 1.82) is 0 Å². The highest BCUT2D eigenvalue weighted by molar-refractivity contribution is 5.95. The zero-order valence-corrected chi connectivity index (χ0v) is 13.4. The molecule has 0 radical (unpaired) electrons. The lowest BCUT2D eigenvalue weighted by atomic mass is 10.2. The number of nitrogens with zero attached hydrogens (tertiary/aromatic N) is 2. The average molecular weight is 336 g/mol. The van der Waals surface area contributed by atoms with Crippen molar-refractivity contribution >= 4 is 12.1 Å². The summed E-state index contributed by atoms with van der Waals surface area (Å²) in [7, 11) is 0. The van der Waals surface area contributed by atoms with Gasteiger partial charge < -0.3 is 5.11 Å². The van der Waals surface area contributed by atoms with Crippen molar-refractivity contribution in [2.24, 2.45) is 5.10 Å². The minimum atomic E-state index is -0.483. The van der Waals surface area contributed by atoms with E-state index in [-0.39, 0.29) is 16.9 Å². The van der Waals surface area contributed by atoms with Crippen LogP contribution >= 0.6 is 0 Å². The zero-order valence-electron chi connectivity index (χ0n) is 13.4. The quantitative estimate of drug-likeness (QED) is 0.501. The van der Waals surface area contributed by atoms with E-state index in [2.05, 4.69) is 15.6 Å². The number of hydrazone groups is 1. The largest absolute Gasteiger partial charge is 0.508 e. The molecule has 126 valence electrons. The lowest BCUT2D eigenvalue weighted by Crippen LogP contribution is -2.20. The van der Waals surface area contributed by atoms with E-state index in [0.717, 1.165) is 0 Å². The first-order valence-electron chi connectivity index (χ1n) is 7.56. The Hall–Kier alpha value is -3.61. The smallest absolute Gasteiger partial charge is 0.280 e. The molecule has 7 nitrogen and oxygen atoms in total. The molecule has 3 N–H and O–H groups in total. The number of benzene rings is 2. The molecule has 3 aromatic rings. The van der Waals surface area contributed by atoms with Crippen LogP contribution < -0.4 is 11.0 Å². The highest BCUT2D eigenvalue weighted by Gasteiger charge is 2.11. The maximum atomic E-state index is 12.5.